The number of hydrogen-bond donors (Lipinski definition) is 1. The van der Waals surface area contributed by atoms with Crippen molar-refractivity contribution in [3.05, 3.63) is 62.5 Å². The minimum absolute atomic E-state index is 0.0356. The predicted molar refractivity (Wildman–Crippen MR) is 150 cm³/mol. The van der Waals surface area contributed by atoms with Gasteiger partial charge < -0.3 is 10.2 Å². The molecule has 0 aliphatic carbocycles. The van der Waals surface area contributed by atoms with Crippen molar-refractivity contribution in [2.45, 2.75) is 52.1 Å². The van der Waals surface area contributed by atoms with E-state index in [1.54, 1.807) is 13.0 Å². The van der Waals surface area contributed by atoms with E-state index in [2.05, 4.69) is 21.2 Å². The van der Waals surface area contributed by atoms with Crippen LogP contribution in [0.15, 0.2) is 46.9 Å². The number of hydrogen-bond acceptors (Lipinski definition) is 4. The number of sulfonamides is 1. The van der Waals surface area contributed by atoms with E-state index in [1.165, 1.54) is 17.0 Å². The Morgan fingerprint density at radius 2 is 1.75 bits per heavy atom. The minimum atomic E-state index is -3.67. The summed E-state index contributed by atoms with van der Waals surface area (Å²) in [5.74, 6) is -0.473. The number of rotatable bonds is 13. The van der Waals surface area contributed by atoms with Gasteiger partial charge in [-0.15, -0.1) is 0 Å². The molecule has 198 valence electrons. The zero-order valence-corrected chi connectivity index (χ0v) is 24.6. The van der Waals surface area contributed by atoms with Gasteiger partial charge in [0, 0.05) is 35.6 Å². The zero-order valence-electron chi connectivity index (χ0n) is 20.6. The van der Waals surface area contributed by atoms with Crippen molar-refractivity contribution >= 4 is 66.7 Å². The molecule has 1 atom stereocenters. The Balaban J connectivity index is 2.17. The van der Waals surface area contributed by atoms with Crippen molar-refractivity contribution in [2.75, 3.05) is 23.7 Å². The molecule has 1 unspecified atom stereocenters. The van der Waals surface area contributed by atoms with Crippen molar-refractivity contribution in [3.63, 3.8) is 0 Å². The Labute approximate surface area is 232 Å². The first-order valence-electron chi connectivity index (χ1n) is 11.7. The van der Waals surface area contributed by atoms with Crippen LogP contribution >= 0.6 is 39.1 Å². The number of nitrogens with zero attached hydrogens (tertiary/aromatic N) is 2. The largest absolute Gasteiger partial charge is 0.354 e. The Morgan fingerprint density at radius 1 is 1.08 bits per heavy atom. The van der Waals surface area contributed by atoms with E-state index < -0.39 is 16.1 Å². The lowest BCUT2D eigenvalue weighted by molar-refractivity contribution is -0.140. The molecule has 0 fully saturated rings. The first kappa shape index (κ1) is 30.4. The highest BCUT2D eigenvalue weighted by atomic mass is 79.9. The molecule has 36 heavy (non-hydrogen) atoms. The lowest BCUT2D eigenvalue weighted by atomic mass is 10.1. The average Bonchev–Trinajstić information content (AvgIpc) is 2.82. The molecular formula is C25H32BrCl2N3O4S. The first-order chi connectivity index (χ1) is 16.9. The summed E-state index contributed by atoms with van der Waals surface area (Å²) in [7, 11) is -3.67. The smallest absolute Gasteiger partial charge is 0.242 e. The number of carbonyl (C=O) groups excluding carboxylic acids is 2. The van der Waals surface area contributed by atoms with Gasteiger partial charge in [0.25, 0.3) is 0 Å². The van der Waals surface area contributed by atoms with E-state index in [0.29, 0.717) is 11.6 Å². The second-order valence-corrected chi connectivity index (χ2v) is 12.2. The predicted octanol–water partition coefficient (Wildman–Crippen LogP) is 5.64. The van der Waals surface area contributed by atoms with Crippen LogP contribution in [0, 0.1) is 0 Å². The normalized spacial score (nSPS) is 12.2. The Hall–Kier alpha value is -1.81. The van der Waals surface area contributed by atoms with Gasteiger partial charge in [0.2, 0.25) is 21.8 Å². The number of benzene rings is 2. The highest BCUT2D eigenvalue weighted by molar-refractivity contribution is 9.10. The van der Waals surface area contributed by atoms with Crippen molar-refractivity contribution < 1.29 is 18.0 Å². The van der Waals surface area contributed by atoms with Crippen LogP contribution in [-0.2, 0) is 26.2 Å². The lowest BCUT2D eigenvalue weighted by Crippen LogP contribution is -2.48. The Kier molecular flexibility index (Phi) is 12.0. The van der Waals surface area contributed by atoms with Crippen LogP contribution in [0.3, 0.4) is 0 Å². The molecule has 2 rings (SSSR count). The van der Waals surface area contributed by atoms with Crippen molar-refractivity contribution in [2.24, 2.45) is 0 Å². The number of unbranched alkanes of at least 4 members (excludes halogenated alkanes) is 1. The molecule has 0 aliphatic heterocycles. The number of nitrogens with one attached hydrogen (secondary N) is 1. The van der Waals surface area contributed by atoms with Gasteiger partial charge in [-0.2, -0.15) is 0 Å². The van der Waals surface area contributed by atoms with E-state index in [9.17, 15) is 18.0 Å². The van der Waals surface area contributed by atoms with Gasteiger partial charge in [-0.25, -0.2) is 8.42 Å². The fraction of sp³-hybridized carbons (Fsp3) is 0.440. The third-order valence-electron chi connectivity index (χ3n) is 5.59. The highest BCUT2D eigenvalue weighted by Gasteiger charge is 2.27. The van der Waals surface area contributed by atoms with Crippen LogP contribution in [-0.4, -0.2) is 50.5 Å². The molecule has 0 spiro atoms. The van der Waals surface area contributed by atoms with E-state index in [-0.39, 0.29) is 48.5 Å². The summed E-state index contributed by atoms with van der Waals surface area (Å²) in [5, 5.41) is 3.48. The molecule has 0 saturated heterocycles. The molecule has 0 aromatic heterocycles. The third-order valence-corrected chi connectivity index (χ3v) is 7.86. The van der Waals surface area contributed by atoms with Crippen molar-refractivity contribution in [1.29, 1.82) is 0 Å². The summed E-state index contributed by atoms with van der Waals surface area (Å²) in [6, 6.07) is 11.4. The molecule has 2 amide bonds. The molecule has 0 heterocycles. The standard InChI is InChI=1S/C25H32BrCl2N3O4S/c1-4-5-14-29-25(33)18(2)30(17-19-8-10-20(26)11-9-19)24(32)7-6-15-31(36(3,34)35)23-16-21(27)12-13-22(23)28/h8-13,16,18H,4-7,14-15,17H2,1-3H3,(H,29,33). The molecule has 0 saturated carbocycles. The summed E-state index contributed by atoms with van der Waals surface area (Å²) in [4.78, 5) is 27.6. The fourth-order valence-corrected chi connectivity index (χ4v) is 5.23. The lowest BCUT2D eigenvalue weighted by Gasteiger charge is -2.29. The van der Waals surface area contributed by atoms with E-state index in [4.69, 9.17) is 23.2 Å². The highest BCUT2D eigenvalue weighted by Crippen LogP contribution is 2.31. The van der Waals surface area contributed by atoms with Crippen LogP contribution < -0.4 is 9.62 Å². The second kappa shape index (κ2) is 14.2. The maximum Gasteiger partial charge on any atom is 0.242 e. The summed E-state index contributed by atoms with van der Waals surface area (Å²) >= 11 is 15.7. The van der Waals surface area contributed by atoms with Crippen LogP contribution in [0.25, 0.3) is 0 Å². The van der Waals surface area contributed by atoms with Gasteiger partial charge >= 0.3 is 0 Å². The Bertz CT molecular complexity index is 1150. The third kappa shape index (κ3) is 9.25. The van der Waals surface area contributed by atoms with E-state index >= 15 is 0 Å². The first-order valence-corrected chi connectivity index (χ1v) is 15.1. The molecule has 0 aliphatic rings. The molecule has 11 heteroatoms. The van der Waals surface area contributed by atoms with E-state index in [1.807, 2.05) is 31.2 Å². The molecule has 2 aromatic carbocycles. The van der Waals surface area contributed by atoms with Gasteiger partial charge in [-0.05, 0) is 55.7 Å². The molecular weight excluding hydrogens is 589 g/mol. The Morgan fingerprint density at radius 3 is 2.36 bits per heavy atom. The molecule has 0 radical (unpaired) electrons. The average molecular weight is 621 g/mol. The number of anilines is 1. The van der Waals surface area contributed by atoms with Crippen LogP contribution in [0.4, 0.5) is 5.69 Å². The van der Waals surface area contributed by atoms with Gasteiger partial charge in [0.05, 0.1) is 17.0 Å². The molecule has 2 aromatic rings. The summed E-state index contributed by atoms with van der Waals surface area (Å²) in [6.45, 7) is 4.57. The number of halogens is 3. The quantitative estimate of drug-likeness (QED) is 0.294. The van der Waals surface area contributed by atoms with Gasteiger partial charge in [-0.3, -0.25) is 13.9 Å². The minimum Gasteiger partial charge on any atom is -0.354 e. The van der Waals surface area contributed by atoms with Crippen LogP contribution in [0.5, 0.6) is 0 Å². The number of amides is 2. The molecule has 0 bridgehead atoms. The van der Waals surface area contributed by atoms with Crippen molar-refractivity contribution in [1.82, 2.24) is 10.2 Å². The summed E-state index contributed by atoms with van der Waals surface area (Å²) < 4.78 is 27.0. The summed E-state index contributed by atoms with van der Waals surface area (Å²) in [6.07, 6.45) is 3.16. The van der Waals surface area contributed by atoms with Crippen molar-refractivity contribution in [3.8, 4) is 0 Å². The second-order valence-electron chi connectivity index (χ2n) is 8.50. The maximum atomic E-state index is 13.3. The van der Waals surface area contributed by atoms with Gasteiger partial charge in [-0.1, -0.05) is 64.6 Å². The van der Waals surface area contributed by atoms with Crippen LogP contribution in [0.1, 0.15) is 45.1 Å². The molecule has 1 N–H and O–H groups in total. The fourth-order valence-electron chi connectivity index (χ4n) is 3.56. The van der Waals surface area contributed by atoms with Gasteiger partial charge in [0.1, 0.15) is 6.04 Å². The zero-order chi connectivity index (χ0) is 26.9. The molecule has 7 nitrogen and oxygen atoms in total. The van der Waals surface area contributed by atoms with Gasteiger partial charge in [0.15, 0.2) is 0 Å². The monoisotopic (exact) mass is 619 g/mol. The number of carbonyl (C=O) groups is 2. The van der Waals surface area contributed by atoms with E-state index in [0.717, 1.165) is 33.4 Å². The topological polar surface area (TPSA) is 86.8 Å². The SMILES string of the molecule is CCCCNC(=O)C(C)N(Cc1ccc(Br)cc1)C(=O)CCCN(c1cc(Cl)ccc1Cl)S(C)(=O)=O. The summed E-state index contributed by atoms with van der Waals surface area (Å²) in [5.41, 5.74) is 1.14. The van der Waals surface area contributed by atoms with Crippen LogP contribution in [0.2, 0.25) is 10.0 Å². The maximum absolute atomic E-state index is 13.3.